The third kappa shape index (κ3) is 1.82. The highest BCUT2D eigenvalue weighted by atomic mass is 16.5. The Hall–Kier alpha value is -1.86. The lowest BCUT2D eigenvalue weighted by Gasteiger charge is -2.34. The van der Waals surface area contributed by atoms with Crippen molar-refractivity contribution in [2.75, 3.05) is 13.7 Å². The molecule has 0 aromatic carbocycles. The highest BCUT2D eigenvalue weighted by Crippen LogP contribution is 2.29. The molecule has 1 aromatic rings. The number of hydrogen-bond acceptors (Lipinski definition) is 5. The molecule has 1 aromatic heterocycles. The van der Waals surface area contributed by atoms with Gasteiger partial charge in [0.1, 0.15) is 11.8 Å². The van der Waals surface area contributed by atoms with Gasteiger partial charge in [-0.05, 0) is 6.92 Å². The summed E-state index contributed by atoms with van der Waals surface area (Å²) in [6, 6.07) is 0.271. The second kappa shape index (κ2) is 4.60. The molecule has 20 heavy (non-hydrogen) atoms. The molecule has 0 amide bonds. The molecule has 0 saturated carbocycles. The third-order valence-corrected chi connectivity index (χ3v) is 3.93. The number of rotatable bonds is 2. The normalized spacial score (nSPS) is 25.1. The fourth-order valence-corrected chi connectivity index (χ4v) is 2.85. The third-order valence-electron chi connectivity index (χ3n) is 3.93. The first-order valence-corrected chi connectivity index (χ1v) is 6.44. The summed E-state index contributed by atoms with van der Waals surface area (Å²) in [5.74, 6) is -1.13. The van der Waals surface area contributed by atoms with E-state index in [9.17, 15) is 9.59 Å². The van der Waals surface area contributed by atoms with Gasteiger partial charge in [-0.1, -0.05) is 0 Å². The molecule has 3 rings (SSSR count). The molecular weight excluding hydrogens is 264 g/mol. The zero-order valence-corrected chi connectivity index (χ0v) is 11.3. The lowest BCUT2D eigenvalue weighted by molar-refractivity contribution is -0.00322. The second-order valence-corrected chi connectivity index (χ2v) is 5.12. The van der Waals surface area contributed by atoms with E-state index in [1.807, 2.05) is 0 Å². The van der Waals surface area contributed by atoms with Crippen LogP contribution in [-0.2, 0) is 17.8 Å². The smallest absolute Gasteiger partial charge is 0.341 e. The monoisotopic (exact) mass is 280 g/mol. The number of hydrogen-bond donors (Lipinski definition) is 1. The van der Waals surface area contributed by atoms with Gasteiger partial charge in [0.2, 0.25) is 5.43 Å². The maximum atomic E-state index is 12.1. The van der Waals surface area contributed by atoms with E-state index in [4.69, 9.17) is 14.6 Å². The van der Waals surface area contributed by atoms with Gasteiger partial charge in [-0.2, -0.15) is 0 Å². The number of carbonyl (C=O) groups is 1. The summed E-state index contributed by atoms with van der Waals surface area (Å²) in [5.41, 5.74) is -0.140. The molecule has 2 atom stereocenters. The van der Waals surface area contributed by atoms with Crippen molar-refractivity contribution in [2.45, 2.75) is 32.3 Å². The van der Waals surface area contributed by atoms with Gasteiger partial charge in [0.05, 0.1) is 26.0 Å². The number of pyridine rings is 1. The topological polar surface area (TPSA) is 81.0 Å². The van der Waals surface area contributed by atoms with Gasteiger partial charge in [-0.3, -0.25) is 9.69 Å². The maximum Gasteiger partial charge on any atom is 0.341 e. The van der Waals surface area contributed by atoms with Gasteiger partial charge >= 0.3 is 5.97 Å². The highest BCUT2D eigenvalue weighted by Gasteiger charge is 2.37. The molecule has 0 radical (unpaired) electrons. The van der Waals surface area contributed by atoms with Crippen LogP contribution < -0.4 is 10.2 Å². The highest BCUT2D eigenvalue weighted by molar-refractivity contribution is 5.87. The van der Waals surface area contributed by atoms with Crippen LogP contribution in [-0.4, -0.2) is 46.5 Å². The van der Waals surface area contributed by atoms with Gasteiger partial charge < -0.3 is 19.1 Å². The van der Waals surface area contributed by atoms with Crippen molar-refractivity contribution in [3.63, 3.8) is 0 Å². The van der Waals surface area contributed by atoms with Crippen LogP contribution >= 0.6 is 0 Å². The number of ether oxygens (including phenoxy) is 2. The summed E-state index contributed by atoms with van der Waals surface area (Å²) in [7, 11) is 1.39. The Bertz CT molecular complexity index is 624. The molecule has 1 fully saturated rings. The quantitative estimate of drug-likeness (QED) is 0.828. The predicted octanol–water partition coefficient (Wildman–Crippen LogP) is 0.116. The van der Waals surface area contributed by atoms with Gasteiger partial charge in [-0.25, -0.2) is 4.79 Å². The first kappa shape index (κ1) is 13.1. The van der Waals surface area contributed by atoms with E-state index < -0.39 is 11.4 Å². The van der Waals surface area contributed by atoms with Crippen LogP contribution in [0.1, 0.15) is 23.0 Å². The first-order valence-electron chi connectivity index (χ1n) is 6.44. The van der Waals surface area contributed by atoms with Crippen LogP contribution in [0.3, 0.4) is 0 Å². The van der Waals surface area contributed by atoms with Crippen molar-refractivity contribution in [1.82, 2.24) is 9.47 Å². The lowest BCUT2D eigenvalue weighted by Crippen LogP contribution is -2.44. The molecule has 0 aliphatic carbocycles. The molecule has 0 unspecified atom stereocenters. The molecule has 1 N–H and O–H groups in total. The van der Waals surface area contributed by atoms with E-state index in [1.165, 1.54) is 13.3 Å². The van der Waals surface area contributed by atoms with Gasteiger partial charge in [0.15, 0.2) is 5.75 Å². The molecule has 2 aliphatic rings. The Morgan fingerprint density at radius 2 is 2.30 bits per heavy atom. The van der Waals surface area contributed by atoms with Crippen LogP contribution in [0.25, 0.3) is 0 Å². The molecule has 7 nitrogen and oxygen atoms in total. The van der Waals surface area contributed by atoms with E-state index in [1.54, 1.807) is 4.57 Å². The SMILES string of the molecule is COc1c2n(cc(C(=O)O)c1=O)C[C@H]1OC[C@H](C)N1C2. The number of fused-ring (bicyclic) bond motifs is 2. The van der Waals surface area contributed by atoms with Crippen molar-refractivity contribution in [3.05, 3.63) is 27.7 Å². The first-order chi connectivity index (χ1) is 9.52. The molecule has 0 bridgehead atoms. The molecule has 2 aliphatic heterocycles. The van der Waals surface area contributed by atoms with Crippen LogP contribution in [0.4, 0.5) is 0 Å². The van der Waals surface area contributed by atoms with E-state index in [-0.39, 0.29) is 23.6 Å². The number of aromatic carboxylic acids is 1. The molecule has 7 heteroatoms. The predicted molar refractivity (Wildman–Crippen MR) is 69.0 cm³/mol. The van der Waals surface area contributed by atoms with Crippen molar-refractivity contribution in [1.29, 1.82) is 0 Å². The molecule has 1 saturated heterocycles. The Balaban J connectivity index is 2.13. The van der Waals surface area contributed by atoms with E-state index in [0.29, 0.717) is 25.4 Å². The summed E-state index contributed by atoms with van der Waals surface area (Å²) in [4.78, 5) is 25.4. The summed E-state index contributed by atoms with van der Waals surface area (Å²) in [6.07, 6.45) is 1.30. The van der Waals surface area contributed by atoms with Crippen LogP contribution in [0.2, 0.25) is 0 Å². The van der Waals surface area contributed by atoms with Crippen LogP contribution in [0, 0.1) is 0 Å². The minimum absolute atomic E-state index is 0.0775. The Kier molecular flexibility index (Phi) is 3.02. The molecule has 108 valence electrons. The lowest BCUT2D eigenvalue weighted by atomic mass is 10.1. The standard InChI is InChI=1S/C13H16N2O5/c1-7-6-20-10-5-14-3-8(13(17)18)11(16)12(19-2)9(14)4-15(7)10/h3,7,10H,4-6H2,1-2H3,(H,17,18)/t7-,10+/m0/s1. The summed E-state index contributed by atoms with van der Waals surface area (Å²) in [6.45, 7) is 3.71. The fourth-order valence-electron chi connectivity index (χ4n) is 2.85. The van der Waals surface area contributed by atoms with Crippen molar-refractivity contribution in [3.8, 4) is 5.75 Å². The summed E-state index contributed by atoms with van der Waals surface area (Å²) < 4.78 is 12.6. The van der Waals surface area contributed by atoms with Gasteiger partial charge in [0.25, 0.3) is 0 Å². The van der Waals surface area contributed by atoms with Crippen LogP contribution in [0.15, 0.2) is 11.0 Å². The number of carboxylic acid groups (broad SMARTS) is 1. The van der Waals surface area contributed by atoms with Gasteiger partial charge in [-0.15, -0.1) is 0 Å². The zero-order chi connectivity index (χ0) is 14.4. The maximum absolute atomic E-state index is 12.1. The van der Waals surface area contributed by atoms with Crippen molar-refractivity contribution in [2.24, 2.45) is 0 Å². The van der Waals surface area contributed by atoms with Crippen molar-refractivity contribution >= 4 is 5.97 Å². The summed E-state index contributed by atoms with van der Waals surface area (Å²) >= 11 is 0. The molecular formula is C13H16N2O5. The molecule has 3 heterocycles. The van der Waals surface area contributed by atoms with Crippen LogP contribution in [0.5, 0.6) is 5.75 Å². The van der Waals surface area contributed by atoms with E-state index in [0.717, 1.165) is 0 Å². The number of aromatic nitrogens is 1. The Morgan fingerprint density at radius 3 is 2.95 bits per heavy atom. The second-order valence-electron chi connectivity index (χ2n) is 5.12. The van der Waals surface area contributed by atoms with E-state index >= 15 is 0 Å². The Morgan fingerprint density at radius 1 is 1.55 bits per heavy atom. The molecule has 0 spiro atoms. The van der Waals surface area contributed by atoms with Crippen molar-refractivity contribution < 1.29 is 19.4 Å². The fraction of sp³-hybridized carbons (Fsp3) is 0.538. The largest absolute Gasteiger partial charge is 0.491 e. The number of methoxy groups -OCH3 is 1. The minimum atomic E-state index is -1.24. The van der Waals surface area contributed by atoms with Gasteiger partial charge in [0, 0.05) is 18.8 Å². The average Bonchev–Trinajstić information content (AvgIpc) is 2.77. The number of carboxylic acids is 1. The Labute approximate surface area is 115 Å². The summed E-state index contributed by atoms with van der Waals surface area (Å²) in [5, 5.41) is 9.11. The average molecular weight is 280 g/mol. The van der Waals surface area contributed by atoms with E-state index in [2.05, 4.69) is 11.8 Å². The number of nitrogens with zero attached hydrogens (tertiary/aromatic N) is 2. The zero-order valence-electron chi connectivity index (χ0n) is 11.3. The minimum Gasteiger partial charge on any atom is -0.491 e.